The van der Waals surface area contributed by atoms with E-state index >= 15 is 0 Å². The van der Waals surface area contributed by atoms with Crippen molar-refractivity contribution in [2.45, 2.75) is 6.92 Å². The molecule has 0 aliphatic heterocycles. The minimum Gasteiger partial charge on any atom is -0.463 e. The van der Waals surface area contributed by atoms with Gasteiger partial charge in [0.05, 0.1) is 12.0 Å². The second-order valence-electron chi connectivity index (χ2n) is 4.79. The molecule has 1 aromatic carbocycles. The van der Waals surface area contributed by atoms with Gasteiger partial charge in [-0.05, 0) is 36.8 Å². The predicted molar refractivity (Wildman–Crippen MR) is 90.1 cm³/mol. The van der Waals surface area contributed by atoms with Gasteiger partial charge in [-0.1, -0.05) is 28.1 Å². The Balaban J connectivity index is 1.69. The van der Waals surface area contributed by atoms with Gasteiger partial charge in [0.2, 0.25) is 0 Å². The number of carbonyl (C=O) groups excluding carboxylic acids is 1. The first-order valence-corrected chi connectivity index (χ1v) is 7.62. The van der Waals surface area contributed by atoms with Gasteiger partial charge in [0.25, 0.3) is 5.91 Å². The molecule has 7 heteroatoms. The van der Waals surface area contributed by atoms with Gasteiger partial charge >= 0.3 is 0 Å². The Morgan fingerprint density at radius 2 is 2.09 bits per heavy atom. The van der Waals surface area contributed by atoms with E-state index in [1.807, 2.05) is 31.2 Å². The number of benzene rings is 1. The Morgan fingerprint density at radius 3 is 2.78 bits per heavy atom. The van der Waals surface area contributed by atoms with Crippen LogP contribution >= 0.6 is 15.9 Å². The summed E-state index contributed by atoms with van der Waals surface area (Å²) >= 11 is 3.38. The molecular formula is C16H13BrN4O2. The normalized spacial score (nSPS) is 11.5. The van der Waals surface area contributed by atoms with Gasteiger partial charge in [-0.15, -0.1) is 0 Å². The van der Waals surface area contributed by atoms with Gasteiger partial charge in [0, 0.05) is 10.5 Å². The van der Waals surface area contributed by atoms with Crippen LogP contribution in [-0.4, -0.2) is 21.8 Å². The minimum atomic E-state index is -0.393. The molecule has 0 spiro atoms. The van der Waals surface area contributed by atoms with E-state index in [0.29, 0.717) is 17.2 Å². The summed E-state index contributed by atoms with van der Waals surface area (Å²) in [6, 6.07) is 12.8. The van der Waals surface area contributed by atoms with E-state index in [1.165, 1.54) is 0 Å². The Labute approximate surface area is 140 Å². The number of hydrogen-bond donors (Lipinski definition) is 2. The zero-order chi connectivity index (χ0) is 16.2. The molecule has 2 aromatic heterocycles. The monoisotopic (exact) mass is 372 g/mol. The highest BCUT2D eigenvalue weighted by atomic mass is 79.9. The van der Waals surface area contributed by atoms with Crippen molar-refractivity contribution >= 4 is 27.5 Å². The molecule has 116 valence electrons. The first-order chi connectivity index (χ1) is 11.1. The molecule has 2 heterocycles. The smallest absolute Gasteiger partial charge is 0.291 e. The number of aromatic nitrogens is 2. The Kier molecular flexibility index (Phi) is 4.38. The number of amides is 1. The lowest BCUT2D eigenvalue weighted by Gasteiger charge is -2.01. The second kappa shape index (κ2) is 6.62. The number of H-pyrrole nitrogens is 1. The zero-order valence-corrected chi connectivity index (χ0v) is 13.8. The van der Waals surface area contributed by atoms with Gasteiger partial charge in [-0.3, -0.25) is 9.89 Å². The van der Waals surface area contributed by atoms with Gasteiger partial charge in [0.15, 0.2) is 11.5 Å². The van der Waals surface area contributed by atoms with Crippen LogP contribution in [0.2, 0.25) is 0 Å². The lowest BCUT2D eigenvalue weighted by atomic mass is 10.1. The standard InChI is InChI=1S/C16H13BrN4O2/c1-10(11-4-6-12(17)7-5-11)18-21-16(22)14-9-13(19-20-14)15-3-2-8-23-15/h2-9H,1H3,(H,19,20)(H,21,22)/b18-10-. The van der Waals surface area contributed by atoms with Crippen molar-refractivity contribution in [3.8, 4) is 11.5 Å². The quantitative estimate of drug-likeness (QED) is 0.542. The summed E-state index contributed by atoms with van der Waals surface area (Å²) in [6.07, 6.45) is 1.56. The number of aromatic amines is 1. The van der Waals surface area contributed by atoms with E-state index in [0.717, 1.165) is 10.0 Å². The molecule has 0 atom stereocenters. The number of nitrogens with one attached hydrogen (secondary N) is 2. The summed E-state index contributed by atoms with van der Waals surface area (Å²) < 4.78 is 6.23. The van der Waals surface area contributed by atoms with E-state index in [9.17, 15) is 4.79 Å². The molecular weight excluding hydrogens is 360 g/mol. The summed E-state index contributed by atoms with van der Waals surface area (Å²) in [6.45, 7) is 1.82. The highest BCUT2D eigenvalue weighted by Gasteiger charge is 2.12. The molecule has 2 N–H and O–H groups in total. The maximum absolute atomic E-state index is 12.1. The van der Waals surface area contributed by atoms with E-state index in [4.69, 9.17) is 4.42 Å². The molecule has 0 fully saturated rings. The SMILES string of the molecule is C/C(=N/NC(=O)c1cc(-c2ccco2)[nH]n1)c1ccc(Br)cc1. The van der Waals surface area contributed by atoms with Gasteiger partial charge in [-0.25, -0.2) is 5.43 Å². The van der Waals surface area contributed by atoms with Crippen LogP contribution in [0.4, 0.5) is 0 Å². The largest absolute Gasteiger partial charge is 0.463 e. The number of hydrazone groups is 1. The van der Waals surface area contributed by atoms with Crippen LogP contribution in [0, 0.1) is 0 Å². The molecule has 6 nitrogen and oxygen atoms in total. The molecule has 23 heavy (non-hydrogen) atoms. The van der Waals surface area contributed by atoms with Gasteiger partial charge in [-0.2, -0.15) is 10.2 Å². The third kappa shape index (κ3) is 3.57. The summed E-state index contributed by atoms with van der Waals surface area (Å²) in [5.74, 6) is 0.224. The van der Waals surface area contributed by atoms with Crippen LogP contribution in [0.5, 0.6) is 0 Å². The number of hydrogen-bond acceptors (Lipinski definition) is 4. The highest BCUT2D eigenvalue weighted by molar-refractivity contribution is 9.10. The maximum atomic E-state index is 12.1. The Bertz CT molecular complexity index is 835. The Hall–Kier alpha value is -2.67. The molecule has 0 unspecified atom stereocenters. The molecule has 0 radical (unpaired) electrons. The molecule has 3 aromatic rings. The summed E-state index contributed by atoms with van der Waals surface area (Å²) in [7, 11) is 0. The van der Waals surface area contributed by atoms with Crippen LogP contribution in [0.1, 0.15) is 23.0 Å². The van der Waals surface area contributed by atoms with E-state index in [2.05, 4.69) is 36.7 Å². The van der Waals surface area contributed by atoms with Crippen molar-refractivity contribution in [3.63, 3.8) is 0 Å². The second-order valence-corrected chi connectivity index (χ2v) is 5.70. The van der Waals surface area contributed by atoms with Crippen molar-refractivity contribution in [2.24, 2.45) is 5.10 Å². The summed E-state index contributed by atoms with van der Waals surface area (Å²) in [5.41, 5.74) is 4.99. The lowest BCUT2D eigenvalue weighted by Crippen LogP contribution is -2.19. The fourth-order valence-electron chi connectivity index (χ4n) is 1.94. The lowest BCUT2D eigenvalue weighted by molar-refractivity contribution is 0.0950. The third-order valence-corrected chi connectivity index (χ3v) is 3.71. The fourth-order valence-corrected chi connectivity index (χ4v) is 2.21. The third-order valence-electron chi connectivity index (χ3n) is 3.18. The van der Waals surface area contributed by atoms with Crippen molar-refractivity contribution in [1.82, 2.24) is 15.6 Å². The van der Waals surface area contributed by atoms with Crippen LogP contribution < -0.4 is 5.43 Å². The summed E-state index contributed by atoms with van der Waals surface area (Å²) in [5, 5.41) is 10.8. The Morgan fingerprint density at radius 1 is 1.30 bits per heavy atom. The van der Waals surface area contributed by atoms with Crippen molar-refractivity contribution in [3.05, 3.63) is 64.5 Å². The molecule has 3 rings (SSSR count). The van der Waals surface area contributed by atoms with Crippen LogP contribution in [0.3, 0.4) is 0 Å². The van der Waals surface area contributed by atoms with Gasteiger partial charge < -0.3 is 4.42 Å². The highest BCUT2D eigenvalue weighted by Crippen LogP contribution is 2.17. The van der Waals surface area contributed by atoms with Crippen LogP contribution in [0.15, 0.2) is 62.7 Å². The molecule has 1 amide bonds. The van der Waals surface area contributed by atoms with Crippen LogP contribution in [-0.2, 0) is 0 Å². The number of nitrogens with zero attached hydrogens (tertiary/aromatic N) is 2. The van der Waals surface area contributed by atoms with E-state index < -0.39 is 5.91 Å². The van der Waals surface area contributed by atoms with Crippen molar-refractivity contribution in [2.75, 3.05) is 0 Å². The summed E-state index contributed by atoms with van der Waals surface area (Å²) in [4.78, 5) is 12.1. The number of furan rings is 1. The van der Waals surface area contributed by atoms with Crippen molar-refractivity contribution < 1.29 is 9.21 Å². The number of halogens is 1. The van der Waals surface area contributed by atoms with Crippen LogP contribution in [0.25, 0.3) is 11.5 Å². The van der Waals surface area contributed by atoms with Gasteiger partial charge in [0.1, 0.15) is 5.69 Å². The fraction of sp³-hybridized carbons (Fsp3) is 0.0625. The van der Waals surface area contributed by atoms with E-state index in [-0.39, 0.29) is 5.69 Å². The average molecular weight is 373 g/mol. The zero-order valence-electron chi connectivity index (χ0n) is 12.2. The first-order valence-electron chi connectivity index (χ1n) is 6.83. The molecule has 0 saturated carbocycles. The predicted octanol–water partition coefficient (Wildman–Crippen LogP) is 3.59. The molecule has 0 bridgehead atoms. The van der Waals surface area contributed by atoms with Crippen molar-refractivity contribution in [1.29, 1.82) is 0 Å². The molecule has 0 saturated heterocycles. The minimum absolute atomic E-state index is 0.240. The molecule has 0 aliphatic carbocycles. The number of carbonyl (C=O) groups is 1. The molecule has 0 aliphatic rings. The maximum Gasteiger partial charge on any atom is 0.291 e. The van der Waals surface area contributed by atoms with E-state index in [1.54, 1.807) is 24.5 Å². The topological polar surface area (TPSA) is 83.3 Å². The number of rotatable bonds is 4. The first kappa shape index (κ1) is 15.2. The average Bonchev–Trinajstić information content (AvgIpc) is 3.23.